The van der Waals surface area contributed by atoms with Crippen molar-refractivity contribution in [2.75, 3.05) is 13.2 Å². The molecule has 1 saturated carbocycles. The van der Waals surface area contributed by atoms with Crippen LogP contribution in [0.4, 0.5) is 0 Å². The molecule has 2 aliphatic rings. The standard InChI is InChI=1S/C24H32N2O5/c1-14(2)10-11-26-22(28)18-9-8-17(12-19(18)23(26)29)24(30)31-13-21(27)25-20-7-5-6-15(3)16(20)4/h8-9,12,14-16,20H,5-7,10-11,13H2,1-4H3,(H,25,27)/t15-,16-,20-/m1/s1. The number of hydrogen-bond donors (Lipinski definition) is 1. The van der Waals surface area contributed by atoms with Crippen molar-refractivity contribution < 1.29 is 23.9 Å². The van der Waals surface area contributed by atoms with Gasteiger partial charge in [0.2, 0.25) is 0 Å². The van der Waals surface area contributed by atoms with Crippen LogP contribution in [0, 0.1) is 17.8 Å². The summed E-state index contributed by atoms with van der Waals surface area (Å²) in [6.07, 6.45) is 3.89. The van der Waals surface area contributed by atoms with E-state index in [2.05, 4.69) is 19.2 Å². The number of ether oxygens (including phenoxy) is 1. The first-order chi connectivity index (χ1) is 14.7. The van der Waals surface area contributed by atoms with Crippen molar-refractivity contribution in [3.05, 3.63) is 34.9 Å². The van der Waals surface area contributed by atoms with Gasteiger partial charge in [0, 0.05) is 12.6 Å². The van der Waals surface area contributed by atoms with Gasteiger partial charge in [-0.15, -0.1) is 0 Å². The van der Waals surface area contributed by atoms with Crippen LogP contribution in [0.1, 0.15) is 84.5 Å². The summed E-state index contributed by atoms with van der Waals surface area (Å²) in [6.45, 7) is 8.35. The van der Waals surface area contributed by atoms with Crippen LogP contribution in [0.3, 0.4) is 0 Å². The van der Waals surface area contributed by atoms with Gasteiger partial charge in [-0.05, 0) is 48.8 Å². The zero-order valence-electron chi connectivity index (χ0n) is 18.8. The molecule has 7 nitrogen and oxygen atoms in total. The SMILES string of the molecule is CC(C)CCN1C(=O)c2ccc(C(=O)OCC(=O)N[C@@H]3CCC[C@@H](C)[C@H]3C)cc2C1=O. The normalized spacial score (nSPS) is 23.1. The van der Waals surface area contributed by atoms with Crippen LogP contribution in [0.5, 0.6) is 0 Å². The molecule has 168 valence electrons. The van der Waals surface area contributed by atoms with E-state index in [9.17, 15) is 19.2 Å². The number of amides is 3. The average molecular weight is 429 g/mol. The molecule has 1 aliphatic carbocycles. The fourth-order valence-corrected chi connectivity index (χ4v) is 4.26. The molecule has 0 spiro atoms. The lowest BCUT2D eigenvalue weighted by molar-refractivity contribution is -0.125. The Kier molecular flexibility index (Phi) is 7.13. The zero-order chi connectivity index (χ0) is 22.7. The molecule has 1 N–H and O–H groups in total. The van der Waals surface area contributed by atoms with Crippen LogP contribution >= 0.6 is 0 Å². The quantitative estimate of drug-likeness (QED) is 0.531. The molecule has 31 heavy (non-hydrogen) atoms. The lowest BCUT2D eigenvalue weighted by Crippen LogP contribution is -2.45. The number of carbonyl (C=O) groups is 4. The van der Waals surface area contributed by atoms with E-state index in [1.807, 2.05) is 13.8 Å². The molecule has 7 heteroatoms. The molecule has 3 rings (SSSR count). The summed E-state index contributed by atoms with van der Waals surface area (Å²) >= 11 is 0. The highest BCUT2D eigenvalue weighted by atomic mass is 16.5. The number of rotatable bonds is 7. The van der Waals surface area contributed by atoms with E-state index >= 15 is 0 Å². The van der Waals surface area contributed by atoms with Crippen molar-refractivity contribution in [2.24, 2.45) is 17.8 Å². The van der Waals surface area contributed by atoms with Gasteiger partial charge in [0.1, 0.15) is 0 Å². The van der Waals surface area contributed by atoms with Gasteiger partial charge in [-0.3, -0.25) is 19.3 Å². The summed E-state index contributed by atoms with van der Waals surface area (Å²) in [5.74, 6) is -0.457. The highest BCUT2D eigenvalue weighted by Crippen LogP contribution is 2.29. The van der Waals surface area contributed by atoms with Gasteiger partial charge in [-0.1, -0.05) is 40.5 Å². The maximum atomic E-state index is 12.6. The van der Waals surface area contributed by atoms with Crippen LogP contribution in [0.25, 0.3) is 0 Å². The fourth-order valence-electron chi connectivity index (χ4n) is 4.26. The Morgan fingerprint density at radius 3 is 2.55 bits per heavy atom. The molecular formula is C24H32N2O5. The molecule has 0 radical (unpaired) electrons. The van der Waals surface area contributed by atoms with E-state index in [0.29, 0.717) is 36.3 Å². The Morgan fingerprint density at radius 1 is 1.13 bits per heavy atom. The number of esters is 1. The minimum absolute atomic E-state index is 0.0930. The van der Waals surface area contributed by atoms with Crippen molar-refractivity contribution >= 4 is 23.7 Å². The van der Waals surface area contributed by atoms with Crippen molar-refractivity contribution in [3.63, 3.8) is 0 Å². The number of benzene rings is 1. The molecule has 3 atom stereocenters. The van der Waals surface area contributed by atoms with Crippen LogP contribution < -0.4 is 5.32 Å². The average Bonchev–Trinajstić information content (AvgIpc) is 2.97. The maximum absolute atomic E-state index is 12.6. The monoisotopic (exact) mass is 428 g/mol. The summed E-state index contributed by atoms with van der Waals surface area (Å²) < 4.78 is 5.16. The summed E-state index contributed by atoms with van der Waals surface area (Å²) in [5.41, 5.74) is 0.652. The molecule has 1 heterocycles. The number of hydrogen-bond acceptors (Lipinski definition) is 5. The molecule has 1 aromatic carbocycles. The minimum Gasteiger partial charge on any atom is -0.452 e. The van der Waals surface area contributed by atoms with Gasteiger partial charge >= 0.3 is 5.97 Å². The largest absolute Gasteiger partial charge is 0.452 e. The number of carbonyl (C=O) groups excluding carboxylic acids is 4. The smallest absolute Gasteiger partial charge is 0.338 e. The molecule has 0 bridgehead atoms. The summed E-state index contributed by atoms with van der Waals surface area (Å²) in [5, 5.41) is 2.97. The van der Waals surface area contributed by atoms with Crippen LogP contribution in [-0.4, -0.2) is 47.8 Å². The first-order valence-electron chi connectivity index (χ1n) is 11.2. The Hall–Kier alpha value is -2.70. The van der Waals surface area contributed by atoms with Crippen molar-refractivity contribution in [2.45, 2.75) is 59.4 Å². The van der Waals surface area contributed by atoms with E-state index in [1.165, 1.54) is 23.1 Å². The fraction of sp³-hybridized carbons (Fsp3) is 0.583. The van der Waals surface area contributed by atoms with Gasteiger partial charge in [-0.25, -0.2) is 4.79 Å². The number of imide groups is 1. The second-order valence-corrected chi connectivity index (χ2v) is 9.22. The molecule has 0 aromatic heterocycles. The lowest BCUT2D eigenvalue weighted by Gasteiger charge is -2.34. The van der Waals surface area contributed by atoms with E-state index in [0.717, 1.165) is 19.3 Å². The Morgan fingerprint density at radius 2 is 1.84 bits per heavy atom. The zero-order valence-corrected chi connectivity index (χ0v) is 18.8. The van der Waals surface area contributed by atoms with E-state index in [1.54, 1.807) is 0 Å². The summed E-state index contributed by atoms with van der Waals surface area (Å²) in [6, 6.07) is 4.42. The van der Waals surface area contributed by atoms with Gasteiger partial charge < -0.3 is 10.1 Å². The van der Waals surface area contributed by atoms with Gasteiger partial charge in [0.05, 0.1) is 16.7 Å². The maximum Gasteiger partial charge on any atom is 0.338 e. The highest BCUT2D eigenvalue weighted by Gasteiger charge is 2.36. The second kappa shape index (κ2) is 9.62. The third-order valence-electron chi connectivity index (χ3n) is 6.52. The lowest BCUT2D eigenvalue weighted by atomic mass is 9.78. The Labute approximate surface area is 183 Å². The van der Waals surface area contributed by atoms with E-state index in [-0.39, 0.29) is 35.6 Å². The second-order valence-electron chi connectivity index (χ2n) is 9.22. The highest BCUT2D eigenvalue weighted by molar-refractivity contribution is 6.22. The minimum atomic E-state index is -0.691. The van der Waals surface area contributed by atoms with E-state index < -0.39 is 11.9 Å². The Bertz CT molecular complexity index is 879. The molecule has 3 amide bonds. The molecule has 1 aromatic rings. The third-order valence-corrected chi connectivity index (χ3v) is 6.52. The van der Waals surface area contributed by atoms with Crippen molar-refractivity contribution in [1.29, 1.82) is 0 Å². The summed E-state index contributed by atoms with van der Waals surface area (Å²) in [4.78, 5) is 51.0. The Balaban J connectivity index is 1.58. The first-order valence-corrected chi connectivity index (χ1v) is 11.2. The predicted molar refractivity (Wildman–Crippen MR) is 116 cm³/mol. The van der Waals surface area contributed by atoms with Crippen molar-refractivity contribution in [1.82, 2.24) is 10.2 Å². The predicted octanol–water partition coefficient (Wildman–Crippen LogP) is 3.43. The van der Waals surface area contributed by atoms with Crippen LogP contribution in [0.15, 0.2) is 18.2 Å². The van der Waals surface area contributed by atoms with Crippen LogP contribution in [0.2, 0.25) is 0 Å². The first kappa shape index (κ1) is 23.0. The van der Waals surface area contributed by atoms with Crippen molar-refractivity contribution in [3.8, 4) is 0 Å². The van der Waals surface area contributed by atoms with Gasteiger partial charge in [0.25, 0.3) is 17.7 Å². The summed E-state index contributed by atoms with van der Waals surface area (Å²) in [7, 11) is 0. The molecular weight excluding hydrogens is 396 g/mol. The van der Waals surface area contributed by atoms with Gasteiger partial charge in [-0.2, -0.15) is 0 Å². The number of nitrogens with zero attached hydrogens (tertiary/aromatic N) is 1. The van der Waals surface area contributed by atoms with E-state index in [4.69, 9.17) is 4.74 Å². The molecule has 1 aliphatic heterocycles. The van der Waals surface area contributed by atoms with Crippen LogP contribution in [-0.2, 0) is 9.53 Å². The van der Waals surface area contributed by atoms with Gasteiger partial charge in [0.15, 0.2) is 6.61 Å². The number of nitrogens with one attached hydrogen (secondary N) is 1. The molecule has 0 unspecified atom stereocenters. The topological polar surface area (TPSA) is 92.8 Å². The molecule has 1 fully saturated rings. The number of fused-ring (bicyclic) bond motifs is 1. The molecule has 0 saturated heterocycles. The third kappa shape index (κ3) is 5.14.